The Morgan fingerprint density at radius 1 is 1.38 bits per heavy atom. The van der Waals surface area contributed by atoms with Gasteiger partial charge in [-0.1, -0.05) is 0 Å². The maximum atomic E-state index is 14.4. The Balaban J connectivity index is 1.79. The van der Waals surface area contributed by atoms with Crippen molar-refractivity contribution in [1.29, 1.82) is 0 Å². The molecular weight excluding hydrogens is 345 g/mol. The molecule has 3 rings (SSSR count). The van der Waals surface area contributed by atoms with E-state index in [1.807, 2.05) is 4.90 Å². The summed E-state index contributed by atoms with van der Waals surface area (Å²) in [4.78, 5) is 25.9. The van der Waals surface area contributed by atoms with E-state index in [4.69, 9.17) is 9.47 Å². The molecule has 1 aromatic rings. The normalized spacial score (nSPS) is 22.9. The number of halogens is 1. The Hall–Kier alpha value is -2.42. The fourth-order valence-corrected chi connectivity index (χ4v) is 3.31. The Bertz CT molecular complexity index is 721. The lowest BCUT2D eigenvalue weighted by Gasteiger charge is -2.38. The van der Waals surface area contributed by atoms with E-state index in [0.29, 0.717) is 26.2 Å². The van der Waals surface area contributed by atoms with Gasteiger partial charge in [0.2, 0.25) is 0 Å². The van der Waals surface area contributed by atoms with E-state index >= 15 is 0 Å². The molecule has 2 heterocycles. The molecule has 2 saturated heterocycles. The number of morpholine rings is 1. The molecule has 0 bridgehead atoms. The van der Waals surface area contributed by atoms with Crippen molar-refractivity contribution in [2.45, 2.75) is 38.5 Å². The van der Waals surface area contributed by atoms with Crippen molar-refractivity contribution in [3.05, 3.63) is 34.1 Å². The number of ether oxygens (including phenoxy) is 2. The summed E-state index contributed by atoms with van der Waals surface area (Å²) in [5.41, 5.74) is -0.617. The van der Waals surface area contributed by atoms with Crippen molar-refractivity contribution < 1.29 is 23.6 Å². The molecule has 0 radical (unpaired) electrons. The van der Waals surface area contributed by atoms with Gasteiger partial charge < -0.3 is 19.3 Å². The molecule has 2 atom stereocenters. The molecule has 8 nitrogen and oxygen atoms in total. The van der Waals surface area contributed by atoms with E-state index in [1.54, 1.807) is 25.7 Å². The number of nitro groups is 1. The molecule has 2 fully saturated rings. The molecule has 0 spiro atoms. The van der Waals surface area contributed by atoms with Gasteiger partial charge in [0.25, 0.3) is 5.69 Å². The van der Waals surface area contributed by atoms with Crippen LogP contribution in [0.5, 0.6) is 0 Å². The van der Waals surface area contributed by atoms with Crippen LogP contribution in [0, 0.1) is 15.9 Å². The fourth-order valence-electron chi connectivity index (χ4n) is 3.31. The first-order valence-electron chi connectivity index (χ1n) is 8.46. The molecule has 0 N–H and O–H groups in total. The standard InChI is InChI=1S/C17H22FN3O5/c1-17(2,3)26-16(22)19-9-14-15(10-19)25-7-6-20(14)13-5-4-11(21(23)24)8-12(13)18/h4-5,8,14-15H,6-7,9-10H2,1-3H3. The maximum absolute atomic E-state index is 14.4. The van der Waals surface area contributed by atoms with Crippen molar-refractivity contribution in [2.24, 2.45) is 0 Å². The van der Waals surface area contributed by atoms with Gasteiger partial charge in [0.1, 0.15) is 5.60 Å². The summed E-state index contributed by atoms with van der Waals surface area (Å²) in [5.74, 6) is -0.657. The molecule has 2 aliphatic heterocycles. The zero-order chi connectivity index (χ0) is 19.1. The topological polar surface area (TPSA) is 85.1 Å². The number of carbonyl (C=O) groups excluding carboxylic acids is 1. The van der Waals surface area contributed by atoms with Gasteiger partial charge in [-0.25, -0.2) is 9.18 Å². The number of hydrogen-bond acceptors (Lipinski definition) is 6. The van der Waals surface area contributed by atoms with Crippen LogP contribution in [0.1, 0.15) is 20.8 Å². The van der Waals surface area contributed by atoms with E-state index < -0.39 is 22.4 Å². The van der Waals surface area contributed by atoms with Gasteiger partial charge in [-0.15, -0.1) is 0 Å². The van der Waals surface area contributed by atoms with Crippen LogP contribution in [0.3, 0.4) is 0 Å². The smallest absolute Gasteiger partial charge is 0.410 e. The summed E-state index contributed by atoms with van der Waals surface area (Å²) < 4.78 is 25.6. The number of nitrogens with zero attached hydrogens (tertiary/aromatic N) is 3. The summed E-state index contributed by atoms with van der Waals surface area (Å²) in [5, 5.41) is 10.8. The Kier molecular flexibility index (Phi) is 4.74. The van der Waals surface area contributed by atoms with Gasteiger partial charge in [-0.2, -0.15) is 0 Å². The van der Waals surface area contributed by atoms with E-state index in [0.717, 1.165) is 6.07 Å². The quantitative estimate of drug-likeness (QED) is 0.590. The van der Waals surface area contributed by atoms with Crippen LogP contribution >= 0.6 is 0 Å². The van der Waals surface area contributed by atoms with Crippen LogP contribution in [-0.2, 0) is 9.47 Å². The Morgan fingerprint density at radius 3 is 2.73 bits per heavy atom. The third-order valence-corrected chi connectivity index (χ3v) is 4.40. The molecule has 2 aliphatic rings. The first-order chi connectivity index (χ1) is 12.2. The number of likely N-dealkylation sites (tertiary alicyclic amines) is 1. The van der Waals surface area contributed by atoms with E-state index in [2.05, 4.69) is 0 Å². The third kappa shape index (κ3) is 3.72. The van der Waals surface area contributed by atoms with Crippen molar-refractivity contribution in [1.82, 2.24) is 4.90 Å². The number of hydrogen-bond donors (Lipinski definition) is 0. The van der Waals surface area contributed by atoms with Gasteiger partial charge in [-0.05, 0) is 26.8 Å². The lowest BCUT2D eigenvalue weighted by molar-refractivity contribution is -0.385. The Morgan fingerprint density at radius 2 is 2.12 bits per heavy atom. The highest BCUT2D eigenvalue weighted by Gasteiger charge is 2.43. The number of carbonyl (C=O) groups is 1. The first kappa shape index (κ1) is 18.4. The summed E-state index contributed by atoms with van der Waals surface area (Å²) in [7, 11) is 0. The zero-order valence-electron chi connectivity index (χ0n) is 15.0. The van der Waals surface area contributed by atoms with Crippen molar-refractivity contribution in [3.63, 3.8) is 0 Å². The minimum Gasteiger partial charge on any atom is -0.444 e. The predicted octanol–water partition coefficient (Wildman–Crippen LogP) is 2.56. The van der Waals surface area contributed by atoms with Crippen molar-refractivity contribution in [3.8, 4) is 0 Å². The second-order valence-electron chi connectivity index (χ2n) is 7.45. The lowest BCUT2D eigenvalue weighted by atomic mass is 10.1. The second kappa shape index (κ2) is 6.71. The minimum atomic E-state index is -0.657. The lowest BCUT2D eigenvalue weighted by Crippen LogP contribution is -2.51. The van der Waals surface area contributed by atoms with Crippen LogP contribution in [0.15, 0.2) is 18.2 Å². The number of rotatable bonds is 2. The molecule has 1 aromatic carbocycles. The first-order valence-corrected chi connectivity index (χ1v) is 8.46. The molecule has 9 heteroatoms. The molecule has 0 aromatic heterocycles. The number of fused-ring (bicyclic) bond motifs is 1. The zero-order valence-corrected chi connectivity index (χ0v) is 15.0. The molecule has 142 valence electrons. The van der Waals surface area contributed by atoms with Gasteiger partial charge in [0.15, 0.2) is 5.82 Å². The van der Waals surface area contributed by atoms with Gasteiger partial charge in [0, 0.05) is 19.2 Å². The highest BCUT2D eigenvalue weighted by Crippen LogP contribution is 2.32. The van der Waals surface area contributed by atoms with Gasteiger partial charge in [0.05, 0.1) is 42.0 Å². The van der Waals surface area contributed by atoms with Crippen molar-refractivity contribution in [2.75, 3.05) is 31.1 Å². The second-order valence-corrected chi connectivity index (χ2v) is 7.45. The van der Waals surface area contributed by atoms with E-state index in [9.17, 15) is 19.3 Å². The molecule has 2 unspecified atom stereocenters. The third-order valence-electron chi connectivity index (χ3n) is 4.40. The molecule has 0 saturated carbocycles. The monoisotopic (exact) mass is 367 g/mol. The highest BCUT2D eigenvalue weighted by atomic mass is 19.1. The summed E-state index contributed by atoms with van der Waals surface area (Å²) >= 11 is 0. The van der Waals surface area contributed by atoms with Gasteiger partial charge >= 0.3 is 6.09 Å². The molecular formula is C17H22FN3O5. The molecule has 26 heavy (non-hydrogen) atoms. The average Bonchev–Trinajstić information content (AvgIpc) is 2.97. The summed E-state index contributed by atoms with van der Waals surface area (Å²) in [6, 6.07) is 3.38. The number of non-ortho nitro benzene ring substituents is 1. The van der Waals surface area contributed by atoms with Gasteiger partial charge in [-0.3, -0.25) is 10.1 Å². The maximum Gasteiger partial charge on any atom is 0.410 e. The summed E-state index contributed by atoms with van der Waals surface area (Å²) in [6.07, 6.45) is -0.689. The van der Waals surface area contributed by atoms with Crippen LogP contribution < -0.4 is 4.90 Å². The number of benzene rings is 1. The van der Waals surface area contributed by atoms with E-state index in [-0.39, 0.29) is 23.5 Å². The molecule has 0 aliphatic carbocycles. The number of amides is 1. The predicted molar refractivity (Wildman–Crippen MR) is 91.7 cm³/mol. The fraction of sp³-hybridized carbons (Fsp3) is 0.588. The highest BCUT2D eigenvalue weighted by molar-refractivity contribution is 5.69. The summed E-state index contributed by atoms with van der Waals surface area (Å²) in [6.45, 7) is 6.92. The molecule has 1 amide bonds. The SMILES string of the molecule is CC(C)(C)OC(=O)N1CC2OCCN(c3ccc([N+](=O)[O-])cc3F)C2C1. The van der Waals surface area contributed by atoms with Crippen LogP contribution in [-0.4, -0.2) is 59.9 Å². The van der Waals surface area contributed by atoms with Crippen LogP contribution in [0.4, 0.5) is 20.6 Å². The van der Waals surface area contributed by atoms with E-state index in [1.165, 1.54) is 12.1 Å². The van der Waals surface area contributed by atoms with Crippen LogP contribution in [0.25, 0.3) is 0 Å². The Labute approximate surface area is 150 Å². The largest absolute Gasteiger partial charge is 0.444 e. The van der Waals surface area contributed by atoms with Crippen LogP contribution in [0.2, 0.25) is 0 Å². The number of nitro benzene ring substituents is 1. The minimum absolute atomic E-state index is 0.229. The van der Waals surface area contributed by atoms with Crippen molar-refractivity contribution >= 4 is 17.5 Å². The number of anilines is 1. The average molecular weight is 367 g/mol.